The highest BCUT2D eigenvalue weighted by Crippen LogP contribution is 2.26. The molecule has 0 radical (unpaired) electrons. The summed E-state index contributed by atoms with van der Waals surface area (Å²) in [6, 6.07) is 15.9. The normalized spacial score (nSPS) is 20.0. The van der Waals surface area contributed by atoms with E-state index in [0.29, 0.717) is 24.7 Å². The first-order valence-corrected chi connectivity index (χ1v) is 8.81. The molecule has 0 amide bonds. The molecule has 116 valence electrons. The minimum atomic E-state index is -3.53. The monoisotopic (exact) mass is 337 g/mol. The first-order valence-electron chi connectivity index (χ1n) is 6.99. The van der Waals surface area contributed by atoms with Crippen molar-refractivity contribution in [2.75, 3.05) is 19.7 Å². The molecule has 0 aliphatic carbocycles. The fourth-order valence-corrected chi connectivity index (χ4v) is 4.02. The van der Waals surface area contributed by atoms with Crippen molar-refractivity contribution in [2.45, 2.75) is 11.0 Å². The first kappa shape index (κ1) is 15.5. The number of ether oxygens (including phenoxy) is 1. The van der Waals surface area contributed by atoms with Gasteiger partial charge in [-0.05, 0) is 29.8 Å². The van der Waals surface area contributed by atoms with Crippen LogP contribution in [0, 0.1) is 0 Å². The summed E-state index contributed by atoms with van der Waals surface area (Å²) >= 11 is 5.82. The molecule has 0 saturated carbocycles. The molecule has 1 heterocycles. The summed E-state index contributed by atoms with van der Waals surface area (Å²) in [5, 5.41) is 0.517. The van der Waals surface area contributed by atoms with E-state index in [1.54, 1.807) is 12.1 Å². The van der Waals surface area contributed by atoms with Crippen LogP contribution in [0.3, 0.4) is 0 Å². The maximum Gasteiger partial charge on any atom is 0.243 e. The molecule has 2 aromatic rings. The van der Waals surface area contributed by atoms with Crippen LogP contribution in [0.2, 0.25) is 5.02 Å². The molecule has 22 heavy (non-hydrogen) atoms. The van der Waals surface area contributed by atoms with E-state index in [1.165, 1.54) is 16.4 Å². The summed E-state index contributed by atoms with van der Waals surface area (Å²) in [6.45, 7) is 1.05. The highest BCUT2D eigenvalue weighted by Gasteiger charge is 2.31. The average Bonchev–Trinajstić information content (AvgIpc) is 2.56. The number of halogens is 1. The van der Waals surface area contributed by atoms with Crippen molar-refractivity contribution >= 4 is 21.6 Å². The topological polar surface area (TPSA) is 46.6 Å². The van der Waals surface area contributed by atoms with E-state index < -0.39 is 10.0 Å². The van der Waals surface area contributed by atoms with Gasteiger partial charge in [0.2, 0.25) is 10.0 Å². The average molecular weight is 338 g/mol. The van der Waals surface area contributed by atoms with Crippen molar-refractivity contribution < 1.29 is 13.2 Å². The largest absolute Gasteiger partial charge is 0.371 e. The van der Waals surface area contributed by atoms with Crippen LogP contribution in [-0.2, 0) is 14.8 Å². The SMILES string of the molecule is O=S(=O)(c1ccc(Cl)cc1)N1CCO[C@@H](c2ccccc2)C1. The molecule has 2 aromatic carbocycles. The molecule has 6 heteroatoms. The summed E-state index contributed by atoms with van der Waals surface area (Å²) in [5.41, 5.74) is 0.985. The van der Waals surface area contributed by atoms with E-state index in [-0.39, 0.29) is 11.0 Å². The highest BCUT2D eigenvalue weighted by atomic mass is 35.5. The molecule has 3 rings (SSSR count). The van der Waals surface area contributed by atoms with E-state index in [9.17, 15) is 8.42 Å². The Morgan fingerprint density at radius 2 is 1.73 bits per heavy atom. The molecule has 0 unspecified atom stereocenters. The third kappa shape index (κ3) is 3.17. The molecule has 1 aliphatic heterocycles. The number of benzene rings is 2. The van der Waals surface area contributed by atoms with E-state index >= 15 is 0 Å². The first-order chi connectivity index (χ1) is 10.6. The standard InChI is InChI=1S/C16H16ClNO3S/c17-14-6-8-15(9-7-14)22(19,20)18-10-11-21-16(12-18)13-4-2-1-3-5-13/h1-9,16H,10-12H2/t16-/m1/s1. The summed E-state index contributed by atoms with van der Waals surface area (Å²) in [5.74, 6) is 0. The van der Waals surface area contributed by atoms with Crippen LogP contribution in [0.25, 0.3) is 0 Å². The smallest absolute Gasteiger partial charge is 0.243 e. The summed E-state index contributed by atoms with van der Waals surface area (Å²) in [6.07, 6.45) is -0.239. The van der Waals surface area contributed by atoms with Crippen LogP contribution in [0.4, 0.5) is 0 Å². The van der Waals surface area contributed by atoms with Crippen molar-refractivity contribution in [3.05, 3.63) is 65.2 Å². The van der Waals surface area contributed by atoms with Gasteiger partial charge in [0.25, 0.3) is 0 Å². The Kier molecular flexibility index (Phi) is 4.49. The Labute approximate surface area is 135 Å². The predicted molar refractivity (Wildman–Crippen MR) is 85.3 cm³/mol. The zero-order chi connectivity index (χ0) is 15.6. The molecular weight excluding hydrogens is 322 g/mol. The number of morpholine rings is 1. The van der Waals surface area contributed by atoms with Crippen molar-refractivity contribution in [3.8, 4) is 0 Å². The van der Waals surface area contributed by atoms with Crippen molar-refractivity contribution in [3.63, 3.8) is 0 Å². The quantitative estimate of drug-likeness (QED) is 0.864. The Morgan fingerprint density at radius 1 is 1.05 bits per heavy atom. The maximum absolute atomic E-state index is 12.7. The molecule has 1 fully saturated rings. The Balaban J connectivity index is 1.83. The summed E-state index contributed by atoms with van der Waals surface area (Å²) in [7, 11) is -3.53. The third-order valence-electron chi connectivity index (χ3n) is 3.65. The van der Waals surface area contributed by atoms with Gasteiger partial charge in [-0.15, -0.1) is 0 Å². The summed E-state index contributed by atoms with van der Waals surface area (Å²) < 4.78 is 32.6. The van der Waals surface area contributed by atoms with E-state index in [1.807, 2.05) is 30.3 Å². The van der Waals surface area contributed by atoms with Crippen LogP contribution in [0.1, 0.15) is 11.7 Å². The van der Waals surface area contributed by atoms with E-state index in [2.05, 4.69) is 0 Å². The predicted octanol–water partition coefficient (Wildman–Crippen LogP) is 3.10. The van der Waals surface area contributed by atoms with E-state index in [4.69, 9.17) is 16.3 Å². The lowest BCUT2D eigenvalue weighted by molar-refractivity contribution is -0.00255. The van der Waals surface area contributed by atoms with Gasteiger partial charge in [0, 0.05) is 18.1 Å². The molecule has 0 N–H and O–H groups in total. The van der Waals surface area contributed by atoms with E-state index in [0.717, 1.165) is 5.56 Å². The van der Waals surface area contributed by atoms with Gasteiger partial charge < -0.3 is 4.74 Å². The van der Waals surface area contributed by atoms with Gasteiger partial charge in [0.1, 0.15) is 0 Å². The molecule has 1 aliphatic rings. The fraction of sp³-hybridized carbons (Fsp3) is 0.250. The van der Waals surface area contributed by atoms with Gasteiger partial charge in [0.15, 0.2) is 0 Å². The number of nitrogens with zero attached hydrogens (tertiary/aromatic N) is 1. The molecule has 1 atom stereocenters. The van der Waals surface area contributed by atoms with Gasteiger partial charge in [-0.3, -0.25) is 0 Å². The minimum Gasteiger partial charge on any atom is -0.371 e. The molecule has 4 nitrogen and oxygen atoms in total. The van der Waals surface area contributed by atoms with Gasteiger partial charge in [-0.2, -0.15) is 4.31 Å². The lowest BCUT2D eigenvalue weighted by Crippen LogP contribution is -2.42. The lowest BCUT2D eigenvalue weighted by Gasteiger charge is -2.32. The molecule has 0 bridgehead atoms. The van der Waals surface area contributed by atoms with Crippen LogP contribution >= 0.6 is 11.6 Å². The van der Waals surface area contributed by atoms with Crippen molar-refractivity contribution in [2.24, 2.45) is 0 Å². The number of rotatable bonds is 3. The zero-order valence-corrected chi connectivity index (χ0v) is 13.4. The number of hydrogen-bond donors (Lipinski definition) is 0. The van der Waals surface area contributed by atoms with Crippen LogP contribution in [0.15, 0.2) is 59.5 Å². The molecule has 0 spiro atoms. The van der Waals surface area contributed by atoms with Crippen molar-refractivity contribution in [1.82, 2.24) is 4.31 Å². The van der Waals surface area contributed by atoms with Gasteiger partial charge >= 0.3 is 0 Å². The molecule has 0 aromatic heterocycles. The second kappa shape index (κ2) is 6.38. The summed E-state index contributed by atoms with van der Waals surface area (Å²) in [4.78, 5) is 0.255. The van der Waals surface area contributed by atoms with Gasteiger partial charge in [0.05, 0.1) is 17.6 Å². The maximum atomic E-state index is 12.7. The van der Waals surface area contributed by atoms with Crippen LogP contribution in [-0.4, -0.2) is 32.4 Å². The number of hydrogen-bond acceptors (Lipinski definition) is 3. The van der Waals surface area contributed by atoms with Gasteiger partial charge in [-0.1, -0.05) is 41.9 Å². The minimum absolute atomic E-state index is 0.239. The lowest BCUT2D eigenvalue weighted by atomic mass is 10.1. The van der Waals surface area contributed by atoms with Crippen LogP contribution < -0.4 is 0 Å². The fourth-order valence-electron chi connectivity index (χ4n) is 2.47. The molecular formula is C16H16ClNO3S. The second-order valence-electron chi connectivity index (χ2n) is 5.09. The zero-order valence-electron chi connectivity index (χ0n) is 11.9. The Morgan fingerprint density at radius 3 is 2.41 bits per heavy atom. The Bertz CT molecular complexity index is 732. The Hall–Kier alpha value is -1.40. The second-order valence-corrected chi connectivity index (χ2v) is 7.46. The van der Waals surface area contributed by atoms with Crippen LogP contribution in [0.5, 0.6) is 0 Å². The third-order valence-corrected chi connectivity index (χ3v) is 5.78. The molecule has 1 saturated heterocycles. The van der Waals surface area contributed by atoms with Gasteiger partial charge in [-0.25, -0.2) is 8.42 Å². The number of sulfonamides is 1. The van der Waals surface area contributed by atoms with Crippen molar-refractivity contribution in [1.29, 1.82) is 0 Å². The highest BCUT2D eigenvalue weighted by molar-refractivity contribution is 7.89.